The minimum Gasteiger partial charge on any atom is -0.591 e. The smallest absolute Gasteiger partial charge is 0.407 e. The molecule has 0 saturated heterocycles. The van der Waals surface area contributed by atoms with Gasteiger partial charge < -0.3 is 28.5 Å². The summed E-state index contributed by atoms with van der Waals surface area (Å²) in [5.41, 5.74) is 5.03. The summed E-state index contributed by atoms with van der Waals surface area (Å²) >= 11 is -1.45. The highest BCUT2D eigenvalue weighted by atomic mass is 32.2. The molecule has 3 aromatic carbocycles. The first kappa shape index (κ1) is 35.6. The summed E-state index contributed by atoms with van der Waals surface area (Å²) in [6.45, 7) is 15.1. The number of rotatable bonds is 11. The molecule has 0 aliphatic rings. The van der Waals surface area contributed by atoms with Gasteiger partial charge in [0.25, 0.3) is 0 Å². The topological polar surface area (TPSA) is 122 Å². The lowest BCUT2D eigenvalue weighted by Gasteiger charge is -2.19. The number of amides is 1. The molecule has 1 heterocycles. The van der Waals surface area contributed by atoms with Crippen molar-refractivity contribution in [3.8, 4) is 16.9 Å². The van der Waals surface area contributed by atoms with Crippen molar-refractivity contribution in [2.75, 3.05) is 6.61 Å². The van der Waals surface area contributed by atoms with Gasteiger partial charge in [-0.05, 0) is 101 Å². The maximum absolute atomic E-state index is 12.8. The van der Waals surface area contributed by atoms with Crippen molar-refractivity contribution < 1.29 is 32.8 Å². The van der Waals surface area contributed by atoms with Crippen LogP contribution < -0.4 is 10.1 Å². The molecule has 0 aliphatic heterocycles. The van der Waals surface area contributed by atoms with Gasteiger partial charge in [-0.15, -0.1) is 0 Å². The first-order valence-electron chi connectivity index (χ1n) is 15.5. The number of benzene rings is 3. The molecule has 0 bridgehead atoms. The minimum atomic E-state index is -1.45. The van der Waals surface area contributed by atoms with Gasteiger partial charge in [-0.2, -0.15) is 0 Å². The van der Waals surface area contributed by atoms with E-state index in [-0.39, 0.29) is 25.7 Å². The van der Waals surface area contributed by atoms with Gasteiger partial charge in [0, 0.05) is 30.8 Å². The van der Waals surface area contributed by atoms with Gasteiger partial charge in [0.1, 0.15) is 45.4 Å². The SMILES string of the molecule is CC(=O)OCCc1ccccc1OCc1cc(-c2cccc(CNC(=O)OC(C)(C)C)c2)c2oc(/C(C)=N\[S+]([O-])C(C)(C)C)cc2c1. The maximum Gasteiger partial charge on any atom is 0.407 e. The average Bonchev–Trinajstić information content (AvgIpc) is 3.42. The molecule has 9 nitrogen and oxygen atoms in total. The Morgan fingerprint density at radius 3 is 2.38 bits per heavy atom. The summed E-state index contributed by atoms with van der Waals surface area (Å²) < 4.78 is 39.9. The third-order valence-corrected chi connectivity index (χ3v) is 8.38. The molecule has 10 heteroatoms. The number of hydrogen-bond donors (Lipinski definition) is 1. The van der Waals surface area contributed by atoms with Gasteiger partial charge in [0.05, 0.1) is 6.61 Å². The summed E-state index contributed by atoms with van der Waals surface area (Å²) in [6.07, 6.45) is 0.0414. The standard InChI is InChI=1S/C37H44N2O7S/c1-24(39-47(42)37(6,7)8)33-21-30-19-27(23-44-32-15-10-9-13-28(32)16-17-43-25(2)40)20-31(34(30)45-33)29-14-11-12-26(18-29)22-38-35(41)46-36(3,4)5/h9-15,18-21H,16-17,22-23H2,1-8H3,(H,38,41)/b39-24-. The Kier molecular flexibility index (Phi) is 11.4. The Bertz CT molecular complexity index is 1750. The largest absolute Gasteiger partial charge is 0.591 e. The van der Waals surface area contributed by atoms with Crippen LogP contribution in [-0.2, 0) is 45.2 Å². The van der Waals surface area contributed by atoms with Crippen molar-refractivity contribution in [1.82, 2.24) is 5.32 Å². The summed E-state index contributed by atoms with van der Waals surface area (Å²) in [5, 5.41) is 3.66. The first-order valence-corrected chi connectivity index (χ1v) is 16.6. The second-order valence-electron chi connectivity index (χ2n) is 13.3. The van der Waals surface area contributed by atoms with Crippen molar-refractivity contribution >= 4 is 40.1 Å². The highest BCUT2D eigenvalue weighted by molar-refractivity contribution is 7.91. The monoisotopic (exact) mass is 660 g/mol. The Morgan fingerprint density at radius 1 is 0.936 bits per heavy atom. The van der Waals surface area contributed by atoms with Crippen LogP contribution in [0.2, 0.25) is 0 Å². The lowest BCUT2D eigenvalue weighted by Crippen LogP contribution is -2.32. The zero-order valence-electron chi connectivity index (χ0n) is 28.4. The number of ether oxygens (including phenoxy) is 3. The van der Waals surface area contributed by atoms with Gasteiger partial charge in [-0.25, -0.2) is 4.79 Å². The zero-order valence-corrected chi connectivity index (χ0v) is 29.2. The van der Waals surface area contributed by atoms with E-state index in [1.165, 1.54) is 6.92 Å². The van der Waals surface area contributed by atoms with Crippen molar-refractivity contribution in [2.24, 2.45) is 4.40 Å². The highest BCUT2D eigenvalue weighted by Crippen LogP contribution is 2.34. The molecule has 0 fully saturated rings. The predicted octanol–water partition coefficient (Wildman–Crippen LogP) is 8.08. The molecule has 4 rings (SSSR count). The number of para-hydroxylation sites is 1. The first-order chi connectivity index (χ1) is 22.1. The predicted molar refractivity (Wildman–Crippen MR) is 186 cm³/mol. The molecule has 1 aromatic heterocycles. The normalized spacial score (nSPS) is 12.9. The van der Waals surface area contributed by atoms with E-state index in [0.29, 0.717) is 29.2 Å². The fourth-order valence-electron chi connectivity index (χ4n) is 4.65. The molecule has 0 aliphatic carbocycles. The summed E-state index contributed by atoms with van der Waals surface area (Å²) in [6, 6.07) is 21.5. The fraction of sp³-hybridized carbons (Fsp3) is 0.378. The number of alkyl carbamates (subject to hydrolysis) is 1. The van der Waals surface area contributed by atoms with Gasteiger partial charge in [-0.1, -0.05) is 40.8 Å². The quantitative estimate of drug-likeness (QED) is 0.0980. The maximum atomic E-state index is 12.8. The summed E-state index contributed by atoms with van der Waals surface area (Å²) in [7, 11) is 0. The number of nitrogens with one attached hydrogen (secondary N) is 1. The second kappa shape index (κ2) is 15.1. The van der Waals surface area contributed by atoms with Gasteiger partial charge >= 0.3 is 12.1 Å². The molecule has 1 N–H and O–H groups in total. The Morgan fingerprint density at radius 2 is 1.68 bits per heavy atom. The average molecular weight is 661 g/mol. The molecule has 0 radical (unpaired) electrons. The molecule has 4 aromatic rings. The lowest BCUT2D eigenvalue weighted by molar-refractivity contribution is -0.140. The van der Waals surface area contributed by atoms with Crippen molar-refractivity contribution in [3.05, 3.63) is 89.2 Å². The van der Waals surface area contributed by atoms with Crippen LogP contribution in [0.25, 0.3) is 22.1 Å². The van der Waals surface area contributed by atoms with Gasteiger partial charge in [0.2, 0.25) is 0 Å². The summed E-state index contributed by atoms with van der Waals surface area (Å²) in [5.74, 6) is 0.908. The molecular weight excluding hydrogens is 616 g/mol. The number of fused-ring (bicyclic) bond motifs is 1. The summed E-state index contributed by atoms with van der Waals surface area (Å²) in [4.78, 5) is 23.6. The Balaban J connectivity index is 1.69. The van der Waals surface area contributed by atoms with Crippen LogP contribution in [0.1, 0.15) is 77.8 Å². The Labute approximate surface area is 280 Å². The molecule has 250 valence electrons. The van der Waals surface area contributed by atoms with Crippen LogP contribution in [0.5, 0.6) is 5.75 Å². The molecule has 1 unspecified atom stereocenters. The number of esters is 1. The molecule has 47 heavy (non-hydrogen) atoms. The highest BCUT2D eigenvalue weighted by Gasteiger charge is 2.27. The van der Waals surface area contributed by atoms with E-state index in [4.69, 9.17) is 18.6 Å². The van der Waals surface area contributed by atoms with E-state index in [2.05, 4.69) is 9.71 Å². The lowest BCUT2D eigenvalue weighted by atomic mass is 9.99. The van der Waals surface area contributed by atoms with Crippen LogP contribution in [0.15, 0.2) is 75.5 Å². The number of furan rings is 1. The van der Waals surface area contributed by atoms with E-state index in [0.717, 1.165) is 33.2 Å². The number of hydrogen-bond acceptors (Lipinski definition) is 8. The van der Waals surface area contributed by atoms with Crippen molar-refractivity contribution in [1.29, 1.82) is 0 Å². The van der Waals surface area contributed by atoms with Crippen molar-refractivity contribution in [3.63, 3.8) is 0 Å². The van der Waals surface area contributed by atoms with E-state index in [9.17, 15) is 14.1 Å². The van der Waals surface area contributed by atoms with E-state index in [1.807, 2.05) is 108 Å². The van der Waals surface area contributed by atoms with Crippen LogP contribution in [-0.4, -0.2) is 39.3 Å². The fourth-order valence-corrected chi connectivity index (χ4v) is 5.26. The molecular formula is C37H44N2O7S. The molecule has 0 spiro atoms. The van der Waals surface area contributed by atoms with Crippen LogP contribution in [0.4, 0.5) is 4.79 Å². The minimum absolute atomic E-state index is 0.268. The van der Waals surface area contributed by atoms with Crippen LogP contribution in [0.3, 0.4) is 0 Å². The van der Waals surface area contributed by atoms with E-state index >= 15 is 0 Å². The van der Waals surface area contributed by atoms with E-state index < -0.39 is 27.8 Å². The van der Waals surface area contributed by atoms with Gasteiger partial charge in [-0.3, -0.25) is 4.79 Å². The molecule has 0 saturated carbocycles. The van der Waals surface area contributed by atoms with Gasteiger partial charge in [0.15, 0.2) is 5.76 Å². The number of nitrogens with zero attached hydrogens (tertiary/aromatic N) is 1. The number of carbonyl (C=O) groups excluding carboxylic acids is 2. The third kappa shape index (κ3) is 10.4. The molecule has 1 amide bonds. The van der Waals surface area contributed by atoms with Crippen LogP contribution in [0, 0.1) is 0 Å². The van der Waals surface area contributed by atoms with E-state index in [1.54, 1.807) is 6.92 Å². The number of carbonyl (C=O) groups is 2. The molecule has 1 atom stereocenters. The Hall–Kier alpha value is -4.28. The van der Waals surface area contributed by atoms with Crippen molar-refractivity contribution in [2.45, 2.75) is 85.3 Å². The second-order valence-corrected chi connectivity index (χ2v) is 15.2. The van der Waals surface area contributed by atoms with Crippen LogP contribution >= 0.6 is 0 Å². The third-order valence-electron chi connectivity index (χ3n) is 6.89. The zero-order chi connectivity index (χ0) is 34.4.